The molecule has 1 rings (SSSR count). The maximum atomic E-state index is 11.6. The lowest BCUT2D eigenvalue weighted by Crippen LogP contribution is -2.38. The molecule has 76 valence electrons. The first-order valence-electron chi connectivity index (χ1n) is 3.96. The number of carbonyl (C=O) groups is 1. The maximum absolute atomic E-state index is 11.6. The highest BCUT2D eigenvalue weighted by Gasteiger charge is 2.23. The van der Waals surface area contributed by atoms with Gasteiger partial charge in [-0.15, -0.1) is 0 Å². The normalized spacial score (nSPS) is 13.5. The minimum Gasteiger partial charge on any atom is -0.549 e. The van der Waals surface area contributed by atoms with Crippen molar-refractivity contribution in [1.82, 2.24) is 0 Å². The van der Waals surface area contributed by atoms with E-state index in [4.69, 9.17) is 0 Å². The summed E-state index contributed by atoms with van der Waals surface area (Å²) in [6.45, 7) is 1.09. The van der Waals surface area contributed by atoms with E-state index in [0.717, 1.165) is 6.92 Å². The highest BCUT2D eigenvalue weighted by atomic mass is 32.2. The Bertz CT molecular complexity index is 421. The molecule has 0 aliphatic carbocycles. The smallest absolute Gasteiger partial charge is 0.186 e. The number of carboxylic acid groups (broad SMARTS) is 1. The predicted molar refractivity (Wildman–Crippen MR) is 48.1 cm³/mol. The third kappa shape index (κ3) is 1.93. The van der Waals surface area contributed by atoms with Crippen LogP contribution < -0.4 is 5.11 Å². The number of aliphatic carboxylic acids is 1. The molecule has 0 aromatic heterocycles. The Morgan fingerprint density at radius 1 is 1.29 bits per heavy atom. The Kier molecular flexibility index (Phi) is 2.90. The molecule has 0 heterocycles. The van der Waals surface area contributed by atoms with Crippen molar-refractivity contribution in [3.8, 4) is 0 Å². The van der Waals surface area contributed by atoms with E-state index in [-0.39, 0.29) is 4.90 Å². The Morgan fingerprint density at radius 3 is 2.21 bits per heavy atom. The highest BCUT2D eigenvalue weighted by Crippen LogP contribution is 2.14. The van der Waals surface area contributed by atoms with Gasteiger partial charge in [0.05, 0.1) is 10.9 Å². The summed E-state index contributed by atoms with van der Waals surface area (Å²) in [5.41, 5.74) is 0. The second-order valence-electron chi connectivity index (χ2n) is 2.82. The summed E-state index contributed by atoms with van der Waals surface area (Å²) in [4.78, 5) is 10.4. The number of hydrogen-bond acceptors (Lipinski definition) is 4. The van der Waals surface area contributed by atoms with E-state index in [2.05, 4.69) is 0 Å². The molecule has 0 N–H and O–H groups in total. The second kappa shape index (κ2) is 3.79. The molecule has 4 nitrogen and oxygen atoms in total. The quantitative estimate of drug-likeness (QED) is 0.684. The lowest BCUT2D eigenvalue weighted by Gasteiger charge is -2.13. The average molecular weight is 213 g/mol. The van der Waals surface area contributed by atoms with Crippen LogP contribution in [0.1, 0.15) is 6.92 Å². The summed E-state index contributed by atoms with van der Waals surface area (Å²) in [6.07, 6.45) is 0. The molecule has 0 aliphatic rings. The molecule has 1 aromatic carbocycles. The molecule has 5 heteroatoms. The monoisotopic (exact) mass is 213 g/mol. The fraction of sp³-hybridized carbons (Fsp3) is 0.222. The van der Waals surface area contributed by atoms with Crippen molar-refractivity contribution in [3.63, 3.8) is 0 Å². The summed E-state index contributed by atoms with van der Waals surface area (Å²) in [5.74, 6) is -1.59. The highest BCUT2D eigenvalue weighted by molar-refractivity contribution is 7.92. The molecule has 0 radical (unpaired) electrons. The van der Waals surface area contributed by atoms with Crippen molar-refractivity contribution in [2.24, 2.45) is 0 Å². The topological polar surface area (TPSA) is 74.3 Å². The standard InChI is InChI=1S/C9H10O4S/c1-7(9(10)11)14(12,13)8-5-3-2-4-6-8/h2-7H,1H3,(H,10,11)/p-1/t7-/m1/s1. The van der Waals surface area contributed by atoms with Crippen molar-refractivity contribution < 1.29 is 18.3 Å². The third-order valence-corrected chi connectivity index (χ3v) is 3.92. The SMILES string of the molecule is C[C@H](C(=O)[O-])S(=O)(=O)c1ccccc1. The van der Waals surface area contributed by atoms with E-state index >= 15 is 0 Å². The molecule has 0 aliphatic heterocycles. The van der Waals surface area contributed by atoms with E-state index in [1.807, 2.05) is 0 Å². The Labute approximate surface area is 82.1 Å². The summed E-state index contributed by atoms with van der Waals surface area (Å²) >= 11 is 0. The first kappa shape index (κ1) is 10.7. The number of carbonyl (C=O) groups excluding carboxylic acids is 1. The van der Waals surface area contributed by atoms with Crippen molar-refractivity contribution in [1.29, 1.82) is 0 Å². The van der Waals surface area contributed by atoms with Gasteiger partial charge in [-0.1, -0.05) is 18.2 Å². The lowest BCUT2D eigenvalue weighted by atomic mass is 10.4. The first-order chi connectivity index (χ1) is 6.46. The van der Waals surface area contributed by atoms with Crippen LogP contribution >= 0.6 is 0 Å². The lowest BCUT2D eigenvalue weighted by molar-refractivity contribution is -0.304. The molecule has 0 saturated heterocycles. The average Bonchev–Trinajstić information content (AvgIpc) is 2.18. The van der Waals surface area contributed by atoms with Gasteiger partial charge in [-0.25, -0.2) is 8.42 Å². The van der Waals surface area contributed by atoms with Gasteiger partial charge in [0.2, 0.25) is 0 Å². The van der Waals surface area contributed by atoms with Crippen molar-refractivity contribution in [2.75, 3.05) is 0 Å². The molecule has 1 aromatic rings. The van der Waals surface area contributed by atoms with Crippen LogP contribution in [-0.2, 0) is 14.6 Å². The predicted octanol–water partition coefficient (Wildman–Crippen LogP) is -0.401. The van der Waals surface area contributed by atoms with Crippen LogP contribution in [0.3, 0.4) is 0 Å². The minimum atomic E-state index is -3.80. The van der Waals surface area contributed by atoms with Crippen molar-refractivity contribution in [2.45, 2.75) is 17.1 Å². The van der Waals surface area contributed by atoms with Gasteiger partial charge in [-0.2, -0.15) is 0 Å². The maximum Gasteiger partial charge on any atom is 0.186 e. The van der Waals surface area contributed by atoms with E-state index in [1.54, 1.807) is 6.07 Å². The van der Waals surface area contributed by atoms with Gasteiger partial charge < -0.3 is 9.90 Å². The molecule has 14 heavy (non-hydrogen) atoms. The van der Waals surface area contributed by atoms with Gasteiger partial charge in [0, 0.05) is 0 Å². The van der Waals surface area contributed by atoms with Crippen LogP contribution in [0.4, 0.5) is 0 Å². The number of benzene rings is 1. The molecule has 1 atom stereocenters. The van der Waals surface area contributed by atoms with Crippen LogP contribution in [0.15, 0.2) is 35.2 Å². The molecular weight excluding hydrogens is 204 g/mol. The molecule has 0 saturated carbocycles. The van der Waals surface area contributed by atoms with Crippen LogP contribution in [0.5, 0.6) is 0 Å². The molecule has 0 fully saturated rings. The summed E-state index contributed by atoms with van der Waals surface area (Å²) in [5, 5.41) is 8.91. The van der Waals surface area contributed by atoms with Crippen LogP contribution in [0.2, 0.25) is 0 Å². The molecule has 0 amide bonds. The second-order valence-corrected chi connectivity index (χ2v) is 5.09. The first-order valence-corrected chi connectivity index (χ1v) is 5.50. The summed E-state index contributed by atoms with van der Waals surface area (Å²) in [6, 6.07) is 7.44. The van der Waals surface area contributed by atoms with E-state index in [9.17, 15) is 18.3 Å². The Morgan fingerprint density at radius 2 is 1.79 bits per heavy atom. The largest absolute Gasteiger partial charge is 0.549 e. The third-order valence-electron chi connectivity index (χ3n) is 1.87. The van der Waals surface area contributed by atoms with Gasteiger partial charge in [0.15, 0.2) is 9.84 Å². The molecule has 0 spiro atoms. The number of rotatable bonds is 3. The molecule has 0 bridgehead atoms. The van der Waals surface area contributed by atoms with Crippen molar-refractivity contribution >= 4 is 15.8 Å². The zero-order valence-electron chi connectivity index (χ0n) is 7.51. The fourth-order valence-corrected chi connectivity index (χ4v) is 2.14. The zero-order valence-corrected chi connectivity index (χ0v) is 8.32. The van der Waals surface area contributed by atoms with Gasteiger partial charge in [-0.3, -0.25) is 0 Å². The van der Waals surface area contributed by atoms with E-state index in [1.165, 1.54) is 24.3 Å². The van der Waals surface area contributed by atoms with E-state index < -0.39 is 21.1 Å². The van der Waals surface area contributed by atoms with Gasteiger partial charge in [0.1, 0.15) is 5.25 Å². The number of sulfone groups is 1. The fourth-order valence-electron chi connectivity index (χ4n) is 0.941. The number of hydrogen-bond donors (Lipinski definition) is 0. The van der Waals surface area contributed by atoms with Crippen LogP contribution in [-0.4, -0.2) is 19.6 Å². The Balaban J connectivity index is 3.16. The van der Waals surface area contributed by atoms with E-state index in [0.29, 0.717) is 0 Å². The Hall–Kier alpha value is -1.36. The minimum absolute atomic E-state index is 0.00306. The van der Waals surface area contributed by atoms with Gasteiger partial charge in [0.25, 0.3) is 0 Å². The summed E-state index contributed by atoms with van der Waals surface area (Å²) < 4.78 is 23.1. The van der Waals surface area contributed by atoms with Crippen LogP contribution in [0.25, 0.3) is 0 Å². The summed E-state index contributed by atoms with van der Waals surface area (Å²) in [7, 11) is -3.80. The van der Waals surface area contributed by atoms with Gasteiger partial charge >= 0.3 is 0 Å². The molecular formula is C9H9O4S-. The van der Waals surface area contributed by atoms with Crippen LogP contribution in [0, 0.1) is 0 Å². The van der Waals surface area contributed by atoms with Crippen molar-refractivity contribution in [3.05, 3.63) is 30.3 Å². The van der Waals surface area contributed by atoms with Gasteiger partial charge in [-0.05, 0) is 19.1 Å². The number of carboxylic acids is 1. The molecule has 0 unspecified atom stereocenters. The zero-order chi connectivity index (χ0) is 10.8.